The van der Waals surface area contributed by atoms with Gasteiger partial charge in [-0.15, -0.1) is 0 Å². The Balaban J connectivity index is 2.05. The van der Waals surface area contributed by atoms with E-state index in [4.69, 9.17) is 0 Å². The highest BCUT2D eigenvalue weighted by Gasteiger charge is 2.03. The number of para-hydroxylation sites is 2. The van der Waals surface area contributed by atoms with Crippen molar-refractivity contribution >= 4 is 23.5 Å². The number of nitrogens with zero attached hydrogens (tertiary/aromatic N) is 2. The van der Waals surface area contributed by atoms with Crippen molar-refractivity contribution in [2.75, 3.05) is 0 Å². The van der Waals surface area contributed by atoms with E-state index in [1.807, 2.05) is 36.4 Å². The van der Waals surface area contributed by atoms with Crippen LogP contribution in [0.1, 0.15) is 17.5 Å². The quantitative estimate of drug-likeness (QED) is 0.596. The van der Waals surface area contributed by atoms with E-state index in [1.54, 1.807) is 24.3 Å². The third-order valence-corrected chi connectivity index (χ3v) is 3.21. The molecule has 0 aliphatic carbocycles. The largest absolute Gasteiger partial charge is 0.240 e. The first-order valence-electron chi connectivity index (χ1n) is 6.66. The molecule has 0 aliphatic rings. The van der Waals surface area contributed by atoms with Crippen LogP contribution in [-0.2, 0) is 22.4 Å². The molecule has 0 bridgehead atoms. The second-order valence-electron chi connectivity index (χ2n) is 4.52. The SMILES string of the molecule is O=C=Nc1ccccc1CCCc1ccccc1N=C=O. The minimum atomic E-state index is 0.659. The Morgan fingerprint density at radius 1 is 0.714 bits per heavy atom. The number of aliphatic imine (C=N–C) groups is 2. The summed E-state index contributed by atoms with van der Waals surface area (Å²) in [5, 5.41) is 0. The van der Waals surface area contributed by atoms with Gasteiger partial charge in [-0.1, -0.05) is 36.4 Å². The summed E-state index contributed by atoms with van der Waals surface area (Å²) in [6.07, 6.45) is 5.61. The molecule has 0 atom stereocenters. The molecule has 4 nitrogen and oxygen atoms in total. The van der Waals surface area contributed by atoms with Crippen LogP contribution >= 0.6 is 0 Å². The lowest BCUT2D eigenvalue weighted by Gasteiger charge is -2.06. The number of hydrogen-bond acceptors (Lipinski definition) is 4. The van der Waals surface area contributed by atoms with Gasteiger partial charge in [-0.05, 0) is 42.5 Å². The van der Waals surface area contributed by atoms with E-state index in [-0.39, 0.29) is 0 Å². The zero-order chi connectivity index (χ0) is 14.9. The Kier molecular flexibility index (Phi) is 5.36. The van der Waals surface area contributed by atoms with Crippen LogP contribution in [0.3, 0.4) is 0 Å². The molecule has 0 aliphatic heterocycles. The van der Waals surface area contributed by atoms with E-state index in [0.717, 1.165) is 30.4 Å². The maximum Gasteiger partial charge on any atom is 0.240 e. The lowest BCUT2D eigenvalue weighted by molar-refractivity contribution is 0.564. The fourth-order valence-electron chi connectivity index (χ4n) is 2.23. The van der Waals surface area contributed by atoms with Gasteiger partial charge in [-0.25, -0.2) is 9.59 Å². The molecule has 21 heavy (non-hydrogen) atoms. The average Bonchev–Trinajstić information content (AvgIpc) is 2.51. The van der Waals surface area contributed by atoms with E-state index in [0.29, 0.717) is 11.4 Å². The van der Waals surface area contributed by atoms with Gasteiger partial charge in [-0.3, -0.25) is 0 Å². The van der Waals surface area contributed by atoms with Crippen LogP contribution in [-0.4, -0.2) is 12.2 Å². The first-order valence-corrected chi connectivity index (χ1v) is 6.66. The van der Waals surface area contributed by atoms with Crippen LogP contribution < -0.4 is 0 Å². The molecule has 104 valence electrons. The molecule has 0 spiro atoms. The zero-order valence-electron chi connectivity index (χ0n) is 11.5. The summed E-state index contributed by atoms with van der Waals surface area (Å²) in [7, 11) is 0. The zero-order valence-corrected chi connectivity index (χ0v) is 11.5. The van der Waals surface area contributed by atoms with Crippen molar-refractivity contribution in [3.8, 4) is 0 Å². The molecule has 4 heteroatoms. The first kappa shape index (κ1) is 14.6. The summed E-state index contributed by atoms with van der Waals surface area (Å²) in [6.45, 7) is 0. The van der Waals surface area contributed by atoms with Crippen molar-refractivity contribution in [3.05, 3.63) is 59.7 Å². The van der Waals surface area contributed by atoms with Crippen molar-refractivity contribution < 1.29 is 9.59 Å². The fraction of sp³-hybridized carbons (Fsp3) is 0.176. The predicted molar refractivity (Wildman–Crippen MR) is 80.5 cm³/mol. The van der Waals surface area contributed by atoms with Gasteiger partial charge in [0.1, 0.15) is 0 Å². The number of carbonyl (C=O) groups excluding carboxylic acids is 2. The summed E-state index contributed by atoms with van der Waals surface area (Å²) in [5.41, 5.74) is 3.34. The topological polar surface area (TPSA) is 58.9 Å². The summed E-state index contributed by atoms with van der Waals surface area (Å²) in [6, 6.07) is 15.0. The molecule has 2 aromatic carbocycles. The third kappa shape index (κ3) is 4.08. The highest BCUT2D eigenvalue weighted by atomic mass is 16.1. The van der Waals surface area contributed by atoms with E-state index < -0.39 is 0 Å². The predicted octanol–water partition coefficient (Wildman–Crippen LogP) is 3.80. The van der Waals surface area contributed by atoms with Gasteiger partial charge in [0.25, 0.3) is 0 Å². The molecule has 0 heterocycles. The normalized spacial score (nSPS) is 9.52. The van der Waals surface area contributed by atoms with E-state index >= 15 is 0 Å². The van der Waals surface area contributed by atoms with Crippen molar-refractivity contribution in [1.29, 1.82) is 0 Å². The van der Waals surface area contributed by atoms with Crippen LogP contribution in [0.2, 0.25) is 0 Å². The molecule has 0 fully saturated rings. The lowest BCUT2D eigenvalue weighted by Crippen LogP contribution is -1.91. The smallest absolute Gasteiger partial charge is 0.211 e. The van der Waals surface area contributed by atoms with Crippen LogP contribution in [0, 0.1) is 0 Å². The Bertz CT molecular complexity index is 651. The molecule has 0 aromatic heterocycles. The minimum absolute atomic E-state index is 0.659. The molecule has 0 unspecified atom stereocenters. The number of rotatable bonds is 6. The van der Waals surface area contributed by atoms with E-state index in [9.17, 15) is 9.59 Å². The van der Waals surface area contributed by atoms with Crippen LogP contribution in [0.15, 0.2) is 58.5 Å². The molecule has 0 N–H and O–H groups in total. The number of aryl methyl sites for hydroxylation is 2. The van der Waals surface area contributed by atoms with Gasteiger partial charge < -0.3 is 0 Å². The third-order valence-electron chi connectivity index (χ3n) is 3.21. The van der Waals surface area contributed by atoms with Gasteiger partial charge in [0.15, 0.2) is 0 Å². The number of hydrogen-bond donors (Lipinski definition) is 0. The van der Waals surface area contributed by atoms with Crippen molar-refractivity contribution in [3.63, 3.8) is 0 Å². The molecule has 0 saturated heterocycles. The molecular formula is C17H14N2O2. The Morgan fingerprint density at radius 3 is 1.57 bits per heavy atom. The average molecular weight is 278 g/mol. The van der Waals surface area contributed by atoms with Gasteiger partial charge in [0, 0.05) is 0 Å². The van der Waals surface area contributed by atoms with E-state index in [1.165, 1.54) is 0 Å². The standard InChI is InChI=1S/C17H14N2O2/c20-12-18-16-10-3-1-6-14(16)8-5-9-15-7-2-4-11-17(15)19-13-21/h1-4,6-7,10-11H,5,8-9H2. The number of isocyanates is 2. The molecule has 0 saturated carbocycles. The van der Waals surface area contributed by atoms with Crippen LogP contribution in [0.25, 0.3) is 0 Å². The van der Waals surface area contributed by atoms with Gasteiger partial charge in [-0.2, -0.15) is 9.98 Å². The summed E-state index contributed by atoms with van der Waals surface area (Å²) in [5.74, 6) is 0. The molecule has 0 radical (unpaired) electrons. The molecule has 0 amide bonds. The second-order valence-corrected chi connectivity index (χ2v) is 4.52. The molecular weight excluding hydrogens is 264 g/mol. The summed E-state index contributed by atoms with van der Waals surface area (Å²) in [4.78, 5) is 28.2. The van der Waals surface area contributed by atoms with Crippen LogP contribution in [0.4, 0.5) is 11.4 Å². The lowest BCUT2D eigenvalue weighted by atomic mass is 10.0. The maximum atomic E-state index is 10.4. The van der Waals surface area contributed by atoms with Crippen molar-refractivity contribution in [2.24, 2.45) is 9.98 Å². The maximum absolute atomic E-state index is 10.4. The van der Waals surface area contributed by atoms with E-state index in [2.05, 4.69) is 9.98 Å². The second kappa shape index (κ2) is 7.71. The highest BCUT2D eigenvalue weighted by Crippen LogP contribution is 2.23. The van der Waals surface area contributed by atoms with Gasteiger partial charge in [0.2, 0.25) is 12.2 Å². The van der Waals surface area contributed by atoms with Crippen molar-refractivity contribution in [1.82, 2.24) is 0 Å². The monoisotopic (exact) mass is 278 g/mol. The van der Waals surface area contributed by atoms with Crippen LogP contribution in [0.5, 0.6) is 0 Å². The Labute approximate surface area is 122 Å². The minimum Gasteiger partial charge on any atom is -0.211 e. The molecule has 2 aromatic rings. The summed E-state index contributed by atoms with van der Waals surface area (Å²) < 4.78 is 0. The van der Waals surface area contributed by atoms with Gasteiger partial charge >= 0.3 is 0 Å². The Hall–Kier alpha value is -2.80. The van der Waals surface area contributed by atoms with Gasteiger partial charge in [0.05, 0.1) is 11.4 Å². The Morgan fingerprint density at radius 2 is 1.14 bits per heavy atom. The fourth-order valence-corrected chi connectivity index (χ4v) is 2.23. The first-order chi connectivity index (χ1) is 10.3. The summed E-state index contributed by atoms with van der Waals surface area (Å²) >= 11 is 0. The molecule has 2 rings (SSSR count). The highest BCUT2D eigenvalue weighted by molar-refractivity contribution is 5.54. The number of benzene rings is 2. The van der Waals surface area contributed by atoms with Crippen molar-refractivity contribution in [2.45, 2.75) is 19.3 Å².